The van der Waals surface area contributed by atoms with Gasteiger partial charge in [-0.15, -0.1) is 5.26 Å². The van der Waals surface area contributed by atoms with E-state index >= 15 is 0 Å². The molecule has 3 nitrogen and oxygen atoms in total. The topological polar surface area (TPSA) is 50.1 Å². The fourth-order valence-electron chi connectivity index (χ4n) is 0.0359. The lowest BCUT2D eigenvalue weighted by atomic mass is 11.4. The molecule has 0 saturated heterocycles. The molecule has 32 valence electrons. The summed E-state index contributed by atoms with van der Waals surface area (Å²) in [7, 11) is 0. The maximum absolute atomic E-state index is 9.59. The molecule has 0 aliphatic rings. The number of halogens is 1. The van der Waals surface area contributed by atoms with Crippen molar-refractivity contribution < 1.29 is 9.53 Å². The van der Waals surface area contributed by atoms with Gasteiger partial charge in [-0.25, -0.2) is 4.79 Å². The van der Waals surface area contributed by atoms with E-state index in [0.717, 1.165) is 0 Å². The van der Waals surface area contributed by atoms with Crippen molar-refractivity contribution in [3.63, 3.8) is 0 Å². The Labute approximate surface area is 48.0 Å². The summed E-state index contributed by atoms with van der Waals surface area (Å²) in [4.78, 5) is 9.59. The third-order valence-corrected chi connectivity index (χ3v) is 0.346. The zero-order valence-corrected chi connectivity index (χ0v) is 4.80. The van der Waals surface area contributed by atoms with Crippen LogP contribution in [0.3, 0.4) is 0 Å². The van der Waals surface area contributed by atoms with Crippen molar-refractivity contribution in [2.75, 3.05) is 0 Å². The highest BCUT2D eigenvalue weighted by Crippen LogP contribution is 1.86. The van der Waals surface area contributed by atoms with Crippen LogP contribution >= 0.6 is 22.6 Å². The Balaban J connectivity index is 3.13. The number of hydrogen-bond donors (Lipinski definition) is 0. The van der Waals surface area contributed by atoms with Crippen LogP contribution in [0.25, 0.3) is 0 Å². The molecule has 0 aromatic rings. The van der Waals surface area contributed by atoms with Gasteiger partial charge in [-0.3, -0.25) is 0 Å². The van der Waals surface area contributed by atoms with Crippen LogP contribution in [0.15, 0.2) is 0 Å². The highest BCUT2D eigenvalue weighted by Gasteiger charge is 1.86. The van der Waals surface area contributed by atoms with E-state index in [1.807, 2.05) is 0 Å². The molecule has 0 atom stereocenters. The van der Waals surface area contributed by atoms with Crippen molar-refractivity contribution in [2.24, 2.45) is 0 Å². The maximum atomic E-state index is 9.59. The lowest BCUT2D eigenvalue weighted by Crippen LogP contribution is -1.79. The van der Waals surface area contributed by atoms with Gasteiger partial charge >= 0.3 is 3.98 Å². The molecule has 0 rings (SSSR count). The van der Waals surface area contributed by atoms with Gasteiger partial charge in [0, 0.05) is 0 Å². The minimum atomic E-state index is -0.602. The normalized spacial score (nSPS) is 6.00. The van der Waals surface area contributed by atoms with Gasteiger partial charge in [0.1, 0.15) is 0 Å². The van der Waals surface area contributed by atoms with Crippen LogP contribution in [-0.2, 0) is 4.74 Å². The Bertz CT molecular complexity index is 94.2. The van der Waals surface area contributed by atoms with E-state index in [2.05, 4.69) is 4.74 Å². The monoisotopic (exact) mass is 197 g/mol. The second-order valence-corrected chi connectivity index (χ2v) is 1.31. The lowest BCUT2D eigenvalue weighted by molar-refractivity contribution is 0.221. The Morgan fingerprint density at radius 3 is 2.50 bits per heavy atom. The number of ether oxygens (including phenoxy) is 1. The molecule has 0 radical (unpaired) electrons. The van der Waals surface area contributed by atoms with Crippen LogP contribution in [-0.4, -0.2) is 3.98 Å². The summed E-state index contributed by atoms with van der Waals surface area (Å²) in [5.41, 5.74) is 0. The summed E-state index contributed by atoms with van der Waals surface area (Å²) in [6.45, 7) is 0. The number of nitriles is 1. The minimum absolute atomic E-state index is 0.602. The Morgan fingerprint density at radius 1 is 2.00 bits per heavy atom. The first kappa shape index (κ1) is 5.69. The van der Waals surface area contributed by atoms with E-state index in [1.165, 1.54) is 28.8 Å². The fraction of sp³-hybridized carbons (Fsp3) is 0. The second-order valence-electron chi connectivity index (χ2n) is 0.431. The molecule has 6 heavy (non-hydrogen) atoms. The van der Waals surface area contributed by atoms with Gasteiger partial charge in [0.2, 0.25) is 0 Å². The summed E-state index contributed by atoms with van der Waals surface area (Å²) >= 11 is 1.36. The first-order valence-corrected chi connectivity index (χ1v) is 2.10. The third-order valence-electron chi connectivity index (χ3n) is 0.126. The number of nitrogens with zero attached hydrogens (tertiary/aromatic N) is 1. The van der Waals surface area contributed by atoms with Gasteiger partial charge in [-0.05, 0) is 0 Å². The van der Waals surface area contributed by atoms with Gasteiger partial charge in [0.25, 0.3) is 6.26 Å². The van der Waals surface area contributed by atoms with Crippen LogP contribution < -0.4 is 0 Å². The largest absolute Gasteiger partial charge is 0.382 e. The molecule has 4 heteroatoms. The zero-order valence-electron chi connectivity index (χ0n) is 2.64. The summed E-state index contributed by atoms with van der Waals surface area (Å²) in [6.07, 6.45) is 1.21. The summed E-state index contributed by atoms with van der Waals surface area (Å²) < 4.78 is 3.09. The van der Waals surface area contributed by atoms with Crippen LogP contribution in [0.2, 0.25) is 0 Å². The van der Waals surface area contributed by atoms with Crippen LogP contribution in [0, 0.1) is 11.5 Å². The molecular formula is C2INO2. The summed E-state index contributed by atoms with van der Waals surface area (Å²) in [5, 5.41) is 7.54. The van der Waals surface area contributed by atoms with Gasteiger partial charge in [0.15, 0.2) is 0 Å². The number of rotatable bonds is 0. The molecule has 0 heterocycles. The van der Waals surface area contributed by atoms with Gasteiger partial charge < -0.3 is 4.74 Å². The Kier molecular flexibility index (Phi) is 2.75. The maximum Gasteiger partial charge on any atom is 0.382 e. The van der Waals surface area contributed by atoms with Crippen molar-refractivity contribution in [3.05, 3.63) is 0 Å². The lowest BCUT2D eigenvalue weighted by Gasteiger charge is -1.72. The van der Waals surface area contributed by atoms with Gasteiger partial charge in [-0.1, -0.05) is 0 Å². The molecule has 0 saturated carbocycles. The SMILES string of the molecule is N#COC(=O)I. The average Bonchev–Trinajstić information content (AvgIpc) is 1.35. The highest BCUT2D eigenvalue weighted by molar-refractivity contribution is 14.1. The first-order valence-electron chi connectivity index (χ1n) is 1.02. The van der Waals surface area contributed by atoms with Crippen molar-refractivity contribution in [3.8, 4) is 6.26 Å². The molecule has 0 bridgehead atoms. The zero-order chi connectivity index (χ0) is 4.99. The van der Waals surface area contributed by atoms with Crippen molar-refractivity contribution in [1.29, 1.82) is 5.26 Å². The molecule has 0 fully saturated rings. The third kappa shape index (κ3) is 3.69. The molecule has 0 aliphatic heterocycles. The summed E-state index contributed by atoms with van der Waals surface area (Å²) in [5.74, 6) is 0. The van der Waals surface area contributed by atoms with E-state index in [4.69, 9.17) is 5.26 Å². The fourth-order valence-corrected chi connectivity index (χ4v) is 0.134. The second kappa shape index (κ2) is 2.90. The minimum Gasteiger partial charge on any atom is -0.343 e. The molecule has 0 aromatic carbocycles. The van der Waals surface area contributed by atoms with Crippen LogP contribution in [0.1, 0.15) is 0 Å². The van der Waals surface area contributed by atoms with E-state index < -0.39 is 3.98 Å². The standard InChI is InChI=1S/C2INO2/c3-2(5)6-1-4. The molecule has 0 unspecified atom stereocenters. The number of carbonyl (C=O) groups is 1. The van der Waals surface area contributed by atoms with Crippen molar-refractivity contribution in [1.82, 2.24) is 0 Å². The molecular weight excluding hydrogens is 197 g/mol. The molecule has 0 N–H and O–H groups in total. The predicted molar refractivity (Wildman–Crippen MR) is 26.1 cm³/mol. The van der Waals surface area contributed by atoms with Crippen molar-refractivity contribution in [2.45, 2.75) is 0 Å². The molecule has 0 aromatic heterocycles. The average molecular weight is 197 g/mol. The van der Waals surface area contributed by atoms with E-state index in [1.54, 1.807) is 0 Å². The van der Waals surface area contributed by atoms with E-state index in [0.29, 0.717) is 0 Å². The number of carbonyl (C=O) groups excluding carboxylic acids is 1. The van der Waals surface area contributed by atoms with Crippen LogP contribution in [0.5, 0.6) is 0 Å². The smallest absolute Gasteiger partial charge is 0.343 e. The summed E-state index contributed by atoms with van der Waals surface area (Å²) in [6, 6.07) is 0. The van der Waals surface area contributed by atoms with E-state index in [9.17, 15) is 4.79 Å². The molecule has 0 amide bonds. The highest BCUT2D eigenvalue weighted by atomic mass is 127. The molecule has 0 spiro atoms. The predicted octanol–water partition coefficient (Wildman–Crippen LogP) is 1.04. The quantitative estimate of drug-likeness (QED) is 0.331. The van der Waals surface area contributed by atoms with Crippen LogP contribution in [0.4, 0.5) is 4.79 Å². The first-order chi connectivity index (χ1) is 2.77. The van der Waals surface area contributed by atoms with Gasteiger partial charge in [-0.2, -0.15) is 0 Å². The number of hydrogen-bond acceptors (Lipinski definition) is 3. The van der Waals surface area contributed by atoms with Crippen molar-refractivity contribution >= 4 is 26.6 Å². The Morgan fingerprint density at radius 2 is 2.50 bits per heavy atom. The van der Waals surface area contributed by atoms with Gasteiger partial charge in [0.05, 0.1) is 22.6 Å². The Hall–Kier alpha value is -0.310. The van der Waals surface area contributed by atoms with E-state index in [-0.39, 0.29) is 0 Å². The molecule has 0 aliphatic carbocycles.